The van der Waals surface area contributed by atoms with E-state index in [9.17, 15) is 14.7 Å². The molecular formula is C31H42ClN3O5. The number of rotatable bonds is 8. The number of nitrogens with zero attached hydrogens (tertiary/aromatic N) is 2. The summed E-state index contributed by atoms with van der Waals surface area (Å²) in [5.41, 5.74) is 2.32. The Morgan fingerprint density at radius 2 is 1.93 bits per heavy atom. The van der Waals surface area contributed by atoms with E-state index in [2.05, 4.69) is 26.1 Å². The van der Waals surface area contributed by atoms with E-state index in [1.54, 1.807) is 18.1 Å². The van der Waals surface area contributed by atoms with Crippen molar-refractivity contribution in [2.24, 2.45) is 17.3 Å². The normalized spacial score (nSPS) is 25.1. The minimum atomic E-state index is -1.01. The number of anilines is 1. The first-order chi connectivity index (χ1) is 19.0. The highest BCUT2D eigenvalue weighted by Gasteiger charge is 2.59. The van der Waals surface area contributed by atoms with Crippen LogP contribution in [-0.4, -0.2) is 68.4 Å². The minimum absolute atomic E-state index is 0.159. The second kappa shape index (κ2) is 12.4. The number of aliphatic carboxylic acids is 1. The zero-order valence-corrected chi connectivity index (χ0v) is 25.1. The lowest BCUT2D eigenvalue weighted by molar-refractivity contribution is -0.156. The van der Waals surface area contributed by atoms with Gasteiger partial charge in [0.2, 0.25) is 5.91 Å². The number of methoxy groups -OCH3 is 1. The van der Waals surface area contributed by atoms with Crippen molar-refractivity contribution in [1.82, 2.24) is 10.2 Å². The molecular weight excluding hydrogens is 530 g/mol. The van der Waals surface area contributed by atoms with Crippen LogP contribution in [0.5, 0.6) is 5.75 Å². The van der Waals surface area contributed by atoms with Crippen LogP contribution in [0.3, 0.4) is 0 Å². The third-order valence-corrected chi connectivity index (χ3v) is 8.43. The molecule has 0 bridgehead atoms. The minimum Gasteiger partial charge on any atom is -0.496 e. The zero-order valence-electron chi connectivity index (χ0n) is 24.3. The molecule has 2 aromatic carbocycles. The molecule has 2 aliphatic heterocycles. The molecule has 1 amide bonds. The Balaban J connectivity index is 1.88. The van der Waals surface area contributed by atoms with Crippen molar-refractivity contribution >= 4 is 29.2 Å². The van der Waals surface area contributed by atoms with E-state index in [0.29, 0.717) is 37.0 Å². The molecule has 8 nitrogen and oxygen atoms in total. The number of hydrogen-bond acceptors (Lipinski definition) is 6. The fourth-order valence-electron chi connectivity index (χ4n) is 6.44. The molecule has 2 aromatic rings. The largest absolute Gasteiger partial charge is 0.496 e. The van der Waals surface area contributed by atoms with E-state index in [-0.39, 0.29) is 17.9 Å². The van der Waals surface area contributed by atoms with Crippen LogP contribution in [0.15, 0.2) is 42.5 Å². The van der Waals surface area contributed by atoms with Gasteiger partial charge >= 0.3 is 5.97 Å². The van der Waals surface area contributed by atoms with E-state index < -0.39 is 29.4 Å². The van der Waals surface area contributed by atoms with Gasteiger partial charge in [-0.25, -0.2) is 4.79 Å². The molecule has 2 saturated heterocycles. The molecule has 1 unspecified atom stereocenters. The van der Waals surface area contributed by atoms with Gasteiger partial charge in [-0.05, 0) is 42.0 Å². The van der Waals surface area contributed by atoms with Gasteiger partial charge in [-0.15, -0.1) is 0 Å². The monoisotopic (exact) mass is 571 g/mol. The maximum absolute atomic E-state index is 14.3. The number of carboxylic acids is 1. The molecule has 40 heavy (non-hydrogen) atoms. The second-order valence-electron chi connectivity index (χ2n) is 12.1. The third kappa shape index (κ3) is 6.09. The number of benzene rings is 2. The highest BCUT2D eigenvalue weighted by molar-refractivity contribution is 6.30. The van der Waals surface area contributed by atoms with E-state index in [4.69, 9.17) is 21.1 Å². The van der Waals surface area contributed by atoms with Gasteiger partial charge in [0.25, 0.3) is 0 Å². The molecule has 0 aromatic heterocycles. The van der Waals surface area contributed by atoms with Gasteiger partial charge < -0.3 is 29.7 Å². The Morgan fingerprint density at radius 3 is 2.52 bits per heavy atom. The molecule has 0 aliphatic carbocycles. The maximum atomic E-state index is 14.3. The Labute approximate surface area is 242 Å². The van der Waals surface area contributed by atoms with Crippen molar-refractivity contribution in [2.45, 2.75) is 58.3 Å². The van der Waals surface area contributed by atoms with Gasteiger partial charge in [0.15, 0.2) is 0 Å². The zero-order chi connectivity index (χ0) is 29.2. The number of halogens is 1. The fraction of sp³-hybridized carbons (Fsp3) is 0.548. The summed E-state index contributed by atoms with van der Waals surface area (Å²) in [6, 6.07) is 11.5. The van der Waals surface area contributed by atoms with Crippen LogP contribution in [0, 0.1) is 17.3 Å². The van der Waals surface area contributed by atoms with Crippen molar-refractivity contribution < 1.29 is 24.2 Å². The van der Waals surface area contributed by atoms with Crippen LogP contribution in [0.4, 0.5) is 5.69 Å². The summed E-state index contributed by atoms with van der Waals surface area (Å²) in [7, 11) is 5.53. The first-order valence-electron chi connectivity index (χ1n) is 13.9. The van der Waals surface area contributed by atoms with Crippen LogP contribution in [0.1, 0.15) is 50.8 Å². The summed E-state index contributed by atoms with van der Waals surface area (Å²) in [5, 5.41) is 15.0. The molecule has 0 spiro atoms. The van der Waals surface area contributed by atoms with Crippen LogP contribution < -0.4 is 15.0 Å². The van der Waals surface area contributed by atoms with E-state index in [0.717, 1.165) is 23.2 Å². The fourth-order valence-corrected chi connectivity index (χ4v) is 6.60. The van der Waals surface area contributed by atoms with Crippen molar-refractivity contribution in [2.75, 3.05) is 39.3 Å². The predicted molar refractivity (Wildman–Crippen MR) is 157 cm³/mol. The number of likely N-dealkylation sites (tertiary alicyclic amines) is 1. The number of carbonyl (C=O) groups is 2. The first-order valence-corrected chi connectivity index (χ1v) is 14.3. The Bertz CT molecular complexity index is 1210. The number of carbonyl (C=O) groups excluding carboxylic acids is 1. The van der Waals surface area contributed by atoms with Gasteiger partial charge in [-0.1, -0.05) is 56.6 Å². The van der Waals surface area contributed by atoms with E-state index >= 15 is 0 Å². The van der Waals surface area contributed by atoms with Crippen molar-refractivity contribution in [1.29, 1.82) is 0 Å². The number of nitrogens with one attached hydrogen (secondary N) is 1. The van der Waals surface area contributed by atoms with Gasteiger partial charge in [-0.3, -0.25) is 4.79 Å². The average Bonchev–Trinajstić information content (AvgIpc) is 3.28. The Hall–Kier alpha value is -2.81. The summed E-state index contributed by atoms with van der Waals surface area (Å²) in [4.78, 5) is 31.1. The maximum Gasteiger partial charge on any atom is 0.326 e. The van der Waals surface area contributed by atoms with E-state index in [1.807, 2.05) is 55.4 Å². The quantitative estimate of drug-likeness (QED) is 0.461. The van der Waals surface area contributed by atoms with Gasteiger partial charge in [-0.2, -0.15) is 0 Å². The number of amides is 1. The summed E-state index contributed by atoms with van der Waals surface area (Å²) in [5.74, 6) is -1.27. The van der Waals surface area contributed by atoms with E-state index in [1.165, 1.54) is 0 Å². The molecule has 9 heteroatoms. The molecule has 0 radical (unpaired) electrons. The van der Waals surface area contributed by atoms with Crippen LogP contribution in [0.25, 0.3) is 0 Å². The van der Waals surface area contributed by atoms with Gasteiger partial charge in [0, 0.05) is 55.5 Å². The smallest absolute Gasteiger partial charge is 0.326 e. The Kier molecular flexibility index (Phi) is 9.33. The molecule has 2 aliphatic rings. The molecule has 0 saturated carbocycles. The summed E-state index contributed by atoms with van der Waals surface area (Å²) >= 11 is 6.21. The molecule has 2 N–H and O–H groups in total. The summed E-state index contributed by atoms with van der Waals surface area (Å²) in [6.07, 6.45) is 1.46. The molecule has 2 heterocycles. The third-order valence-electron chi connectivity index (χ3n) is 8.20. The van der Waals surface area contributed by atoms with Crippen molar-refractivity contribution in [3.05, 3.63) is 58.6 Å². The lowest BCUT2D eigenvalue weighted by Gasteiger charge is -2.36. The lowest BCUT2D eigenvalue weighted by atomic mass is 9.72. The van der Waals surface area contributed by atoms with Crippen LogP contribution in [-0.2, 0) is 20.9 Å². The summed E-state index contributed by atoms with van der Waals surface area (Å²) < 4.78 is 11.3. The first kappa shape index (κ1) is 30.2. The average molecular weight is 572 g/mol. The SMILES string of the molecule is COc1cc(Cl)ccc1CN[C@@H]1[C@@H](C(C)(C)C)[C@H](C(=O)O)N(C(=O)C2CCCOC2)[C@@H]1c1ccccc1N(C)C. The summed E-state index contributed by atoms with van der Waals surface area (Å²) in [6.45, 7) is 7.51. The standard InChI is InChI=1S/C31H42ClN3O5/c1-31(2,3)25-26(33-17-19-13-14-21(32)16-24(19)39-6)27(22-11-7-8-12-23(22)34(4)5)35(28(25)30(37)38)29(36)20-10-9-15-40-18-20/h7-8,11-14,16,20,25-28,33H,9-10,15,17-18H2,1-6H3,(H,37,38)/t20?,25-,26-,27-,28-/m1/s1. The molecule has 4 rings (SSSR count). The van der Waals surface area contributed by atoms with Crippen molar-refractivity contribution in [3.8, 4) is 5.75 Å². The number of hydrogen-bond donors (Lipinski definition) is 2. The lowest BCUT2D eigenvalue weighted by Crippen LogP contribution is -2.50. The highest BCUT2D eigenvalue weighted by Crippen LogP contribution is 2.50. The molecule has 5 atom stereocenters. The number of carboxylic acid groups (broad SMARTS) is 1. The molecule has 2 fully saturated rings. The van der Waals surface area contributed by atoms with Crippen molar-refractivity contribution in [3.63, 3.8) is 0 Å². The van der Waals surface area contributed by atoms with Crippen LogP contribution in [0.2, 0.25) is 5.02 Å². The molecule has 218 valence electrons. The van der Waals surface area contributed by atoms with Gasteiger partial charge in [0.1, 0.15) is 11.8 Å². The predicted octanol–water partition coefficient (Wildman–Crippen LogP) is 5.00. The number of para-hydroxylation sites is 1. The number of ether oxygens (including phenoxy) is 2. The second-order valence-corrected chi connectivity index (χ2v) is 12.5. The Morgan fingerprint density at radius 1 is 1.20 bits per heavy atom. The highest BCUT2D eigenvalue weighted by atomic mass is 35.5. The van der Waals surface area contributed by atoms with Crippen LogP contribution >= 0.6 is 11.6 Å². The van der Waals surface area contributed by atoms with Gasteiger partial charge in [0.05, 0.1) is 25.7 Å². The topological polar surface area (TPSA) is 91.3 Å².